The average Bonchev–Trinajstić information content (AvgIpc) is 2.69. The van der Waals surface area contributed by atoms with Gasteiger partial charge in [0.15, 0.2) is 0 Å². The smallest absolute Gasteiger partial charge is 0.307 e. The lowest BCUT2D eigenvalue weighted by Crippen LogP contribution is -2.18. The molecule has 5 nitrogen and oxygen atoms in total. The Bertz CT molecular complexity index is 1130. The molecule has 0 aliphatic heterocycles. The molecule has 3 rings (SSSR count). The molecular formula is C22H22F3NO4S. The average molecular weight is 453 g/mol. The molecule has 0 aliphatic rings. The molecule has 1 atom stereocenters. The van der Waals surface area contributed by atoms with Gasteiger partial charge in [0, 0.05) is 12.6 Å². The van der Waals surface area contributed by atoms with Gasteiger partial charge >= 0.3 is 16.6 Å². The number of benzene rings is 3. The van der Waals surface area contributed by atoms with Crippen LogP contribution >= 0.6 is 0 Å². The second-order valence-electron chi connectivity index (χ2n) is 6.67. The van der Waals surface area contributed by atoms with E-state index in [1.165, 1.54) is 22.4 Å². The molecule has 0 saturated heterocycles. The molecule has 0 fully saturated rings. The first-order valence-electron chi connectivity index (χ1n) is 9.20. The third-order valence-electron chi connectivity index (χ3n) is 4.36. The molecule has 9 heteroatoms. The van der Waals surface area contributed by atoms with Crippen LogP contribution in [-0.4, -0.2) is 24.1 Å². The van der Waals surface area contributed by atoms with Crippen molar-refractivity contribution in [2.45, 2.75) is 19.1 Å². The Labute approximate surface area is 178 Å². The molecule has 1 unspecified atom stereocenters. The van der Waals surface area contributed by atoms with E-state index in [2.05, 4.69) is 36.5 Å². The summed E-state index contributed by atoms with van der Waals surface area (Å²) in [5.74, 6) is 0. The largest absolute Gasteiger partial charge is 0.416 e. The number of hydrogen-bond donors (Lipinski definition) is 3. The van der Waals surface area contributed by atoms with E-state index in [0.717, 1.165) is 12.1 Å². The second-order valence-corrected chi connectivity index (χ2v) is 7.57. The second kappa shape index (κ2) is 10.5. The lowest BCUT2D eigenvalue weighted by atomic mass is 10.00. The van der Waals surface area contributed by atoms with Crippen molar-refractivity contribution in [2.75, 3.05) is 6.54 Å². The van der Waals surface area contributed by atoms with Crippen molar-refractivity contribution in [3.63, 3.8) is 0 Å². The summed E-state index contributed by atoms with van der Waals surface area (Å²) < 4.78 is 69.8. The molecule has 3 aromatic rings. The fraction of sp³-hybridized carbons (Fsp3) is 0.182. The van der Waals surface area contributed by atoms with Crippen LogP contribution in [0.2, 0.25) is 0 Å². The number of rotatable bonds is 5. The highest BCUT2D eigenvalue weighted by molar-refractivity contribution is 7.79. The molecule has 0 saturated carbocycles. The normalized spacial score (nSPS) is 13.1. The van der Waals surface area contributed by atoms with Gasteiger partial charge in [-0.25, -0.2) is 0 Å². The van der Waals surface area contributed by atoms with Gasteiger partial charge in [-0.2, -0.15) is 21.6 Å². The predicted molar refractivity (Wildman–Crippen MR) is 115 cm³/mol. The van der Waals surface area contributed by atoms with Crippen molar-refractivity contribution >= 4 is 27.2 Å². The maximum absolute atomic E-state index is 12.7. The molecule has 0 amide bonds. The van der Waals surface area contributed by atoms with Crippen LogP contribution < -0.4 is 5.32 Å². The molecule has 31 heavy (non-hydrogen) atoms. The van der Waals surface area contributed by atoms with Crippen molar-refractivity contribution in [3.8, 4) is 0 Å². The number of alkyl halides is 3. The first-order valence-corrected chi connectivity index (χ1v) is 10.6. The summed E-state index contributed by atoms with van der Waals surface area (Å²) >= 11 is 0. The minimum absolute atomic E-state index is 0.132. The van der Waals surface area contributed by atoms with Crippen LogP contribution in [0.4, 0.5) is 13.2 Å². The molecule has 166 valence electrons. The van der Waals surface area contributed by atoms with Crippen molar-refractivity contribution in [1.29, 1.82) is 0 Å². The number of hydrogen-bond acceptors (Lipinski definition) is 3. The van der Waals surface area contributed by atoms with Crippen LogP contribution in [0, 0.1) is 0 Å². The predicted octanol–water partition coefficient (Wildman–Crippen LogP) is 5.57. The Kier molecular flexibility index (Phi) is 8.35. The standard InChI is InChI=1S/C22H20F3N.H2O4S/c1-16(20-13-5-10-18-9-2-3-12-21(18)20)26-14-6-8-17-7-4-11-19(15-17)22(23,24)25;1-5(2,3)4/h2-13,15-16,26H,14H2,1H3;(H2,1,2,3,4). The molecule has 0 bridgehead atoms. The fourth-order valence-corrected chi connectivity index (χ4v) is 3.00. The van der Waals surface area contributed by atoms with Gasteiger partial charge in [0.05, 0.1) is 5.56 Å². The Hall–Kier alpha value is -2.72. The van der Waals surface area contributed by atoms with Gasteiger partial charge in [-0.15, -0.1) is 0 Å². The summed E-state index contributed by atoms with van der Waals surface area (Å²) in [5, 5.41) is 5.80. The van der Waals surface area contributed by atoms with E-state index < -0.39 is 22.1 Å². The molecule has 3 N–H and O–H groups in total. The van der Waals surface area contributed by atoms with Crippen molar-refractivity contribution in [3.05, 3.63) is 89.5 Å². The molecule has 0 radical (unpaired) electrons. The Morgan fingerprint density at radius 3 is 2.29 bits per heavy atom. The van der Waals surface area contributed by atoms with Gasteiger partial charge < -0.3 is 5.32 Å². The zero-order chi connectivity index (χ0) is 23.1. The van der Waals surface area contributed by atoms with Crippen LogP contribution in [0.15, 0.2) is 72.8 Å². The summed E-state index contributed by atoms with van der Waals surface area (Å²) in [4.78, 5) is 0. The third kappa shape index (κ3) is 8.50. The lowest BCUT2D eigenvalue weighted by Gasteiger charge is -2.15. The van der Waals surface area contributed by atoms with Crippen LogP contribution in [0.5, 0.6) is 0 Å². The highest BCUT2D eigenvalue weighted by Gasteiger charge is 2.30. The van der Waals surface area contributed by atoms with Gasteiger partial charge in [0.25, 0.3) is 0 Å². The maximum atomic E-state index is 12.7. The molecule has 0 aliphatic carbocycles. The summed E-state index contributed by atoms with van der Waals surface area (Å²) in [7, 11) is -4.67. The van der Waals surface area contributed by atoms with Gasteiger partial charge in [-0.1, -0.05) is 66.7 Å². The molecule has 3 aromatic carbocycles. The lowest BCUT2D eigenvalue weighted by molar-refractivity contribution is -0.137. The first kappa shape index (κ1) is 24.5. The Balaban J connectivity index is 0.000000614. The van der Waals surface area contributed by atoms with E-state index in [9.17, 15) is 13.2 Å². The Morgan fingerprint density at radius 1 is 1.00 bits per heavy atom. The minimum atomic E-state index is -4.67. The highest BCUT2D eigenvalue weighted by atomic mass is 32.3. The first-order chi connectivity index (χ1) is 14.4. The molecule has 0 heterocycles. The number of fused-ring (bicyclic) bond motifs is 1. The quantitative estimate of drug-likeness (QED) is 0.440. The topological polar surface area (TPSA) is 86.6 Å². The monoisotopic (exact) mass is 453 g/mol. The maximum Gasteiger partial charge on any atom is 0.416 e. The van der Waals surface area contributed by atoms with Crippen LogP contribution in [-0.2, 0) is 16.6 Å². The number of nitrogens with one attached hydrogen (secondary N) is 1. The van der Waals surface area contributed by atoms with E-state index in [-0.39, 0.29) is 6.04 Å². The SMILES string of the molecule is CC(NCC=Cc1cccc(C(F)(F)F)c1)c1cccc2ccccc12.O=S(=O)(O)O. The van der Waals surface area contributed by atoms with Crippen molar-refractivity contribution in [2.24, 2.45) is 0 Å². The Morgan fingerprint density at radius 2 is 1.61 bits per heavy atom. The van der Waals surface area contributed by atoms with Gasteiger partial charge in [-0.05, 0) is 41.0 Å². The summed E-state index contributed by atoms with van der Waals surface area (Å²) in [6.45, 7) is 2.65. The molecular weight excluding hydrogens is 431 g/mol. The van der Waals surface area contributed by atoms with Gasteiger partial charge in [0.1, 0.15) is 0 Å². The summed E-state index contributed by atoms with van der Waals surface area (Å²) in [6.07, 6.45) is -0.764. The van der Waals surface area contributed by atoms with E-state index >= 15 is 0 Å². The van der Waals surface area contributed by atoms with Crippen LogP contribution in [0.25, 0.3) is 16.8 Å². The summed E-state index contributed by atoms with van der Waals surface area (Å²) in [6, 6.07) is 19.9. The molecule has 0 spiro atoms. The van der Waals surface area contributed by atoms with E-state index in [1.54, 1.807) is 12.1 Å². The minimum Gasteiger partial charge on any atom is -0.307 e. The fourth-order valence-electron chi connectivity index (χ4n) is 3.00. The third-order valence-corrected chi connectivity index (χ3v) is 4.36. The zero-order valence-corrected chi connectivity index (χ0v) is 17.4. The van der Waals surface area contributed by atoms with Crippen LogP contribution in [0.3, 0.4) is 0 Å². The highest BCUT2D eigenvalue weighted by Crippen LogP contribution is 2.29. The van der Waals surface area contributed by atoms with E-state index in [1.807, 2.05) is 24.3 Å². The van der Waals surface area contributed by atoms with Crippen molar-refractivity contribution < 1.29 is 30.7 Å². The zero-order valence-electron chi connectivity index (χ0n) is 16.5. The van der Waals surface area contributed by atoms with Crippen LogP contribution in [0.1, 0.15) is 29.7 Å². The van der Waals surface area contributed by atoms with E-state index in [4.69, 9.17) is 17.5 Å². The van der Waals surface area contributed by atoms with Crippen molar-refractivity contribution in [1.82, 2.24) is 5.32 Å². The van der Waals surface area contributed by atoms with Gasteiger partial charge in [-0.3, -0.25) is 9.11 Å². The van der Waals surface area contributed by atoms with Gasteiger partial charge in [0.2, 0.25) is 0 Å². The van der Waals surface area contributed by atoms with E-state index in [0.29, 0.717) is 12.1 Å². The molecule has 0 aromatic heterocycles. The number of halogens is 3. The summed E-state index contributed by atoms with van der Waals surface area (Å²) in [5.41, 5.74) is 1.12.